The van der Waals surface area contributed by atoms with Crippen molar-refractivity contribution in [3.05, 3.63) is 24.3 Å². The van der Waals surface area contributed by atoms with Crippen LogP contribution in [0.15, 0.2) is 24.3 Å². The van der Waals surface area contributed by atoms with Gasteiger partial charge in [0.05, 0.1) is 0 Å². The van der Waals surface area contributed by atoms with Crippen molar-refractivity contribution in [3.63, 3.8) is 0 Å². The molecule has 0 radical (unpaired) electrons. The van der Waals surface area contributed by atoms with Crippen LogP contribution in [0.4, 0.5) is 4.79 Å². The van der Waals surface area contributed by atoms with Crippen molar-refractivity contribution < 1.29 is 23.8 Å². The van der Waals surface area contributed by atoms with Gasteiger partial charge >= 0.3 is 6.09 Å². The first-order valence-electron chi connectivity index (χ1n) is 9.10. The average molecular weight is 379 g/mol. The van der Waals surface area contributed by atoms with Gasteiger partial charge in [-0.25, -0.2) is 4.79 Å². The van der Waals surface area contributed by atoms with Crippen molar-refractivity contribution in [3.8, 4) is 11.5 Å². The Balaban J connectivity index is 1.77. The lowest BCUT2D eigenvalue weighted by molar-refractivity contribution is -0.135. The highest BCUT2D eigenvalue weighted by Crippen LogP contribution is 2.19. The molecule has 1 heterocycles. The molecule has 0 aromatic heterocycles. The SMILES string of the molecule is CC(C)(C)OC(=O)N1CCN(C(=O)COc2cccc(OCCN)c2)CC1. The zero-order chi connectivity index (χ0) is 19.9. The highest BCUT2D eigenvalue weighted by Gasteiger charge is 2.27. The molecule has 0 saturated carbocycles. The fourth-order valence-corrected chi connectivity index (χ4v) is 2.53. The first-order valence-corrected chi connectivity index (χ1v) is 9.10. The second kappa shape index (κ2) is 9.45. The summed E-state index contributed by atoms with van der Waals surface area (Å²) in [5.74, 6) is 1.09. The van der Waals surface area contributed by atoms with E-state index < -0.39 is 5.60 Å². The first-order chi connectivity index (χ1) is 12.8. The van der Waals surface area contributed by atoms with Gasteiger partial charge in [0.25, 0.3) is 5.91 Å². The van der Waals surface area contributed by atoms with Gasteiger partial charge in [0.2, 0.25) is 0 Å². The van der Waals surface area contributed by atoms with Crippen LogP contribution in [0.3, 0.4) is 0 Å². The zero-order valence-electron chi connectivity index (χ0n) is 16.3. The summed E-state index contributed by atoms with van der Waals surface area (Å²) in [6.07, 6.45) is -0.347. The highest BCUT2D eigenvalue weighted by molar-refractivity contribution is 5.78. The van der Waals surface area contributed by atoms with Gasteiger partial charge in [-0.2, -0.15) is 0 Å². The molecule has 2 amide bonds. The normalized spacial score (nSPS) is 14.7. The molecule has 1 aliphatic rings. The van der Waals surface area contributed by atoms with E-state index in [4.69, 9.17) is 19.9 Å². The zero-order valence-corrected chi connectivity index (χ0v) is 16.3. The Morgan fingerprint density at radius 3 is 2.22 bits per heavy atom. The Morgan fingerprint density at radius 2 is 1.63 bits per heavy atom. The number of ether oxygens (including phenoxy) is 3. The van der Waals surface area contributed by atoms with Crippen molar-refractivity contribution in [1.29, 1.82) is 0 Å². The van der Waals surface area contributed by atoms with Gasteiger partial charge in [0.1, 0.15) is 23.7 Å². The molecule has 2 N–H and O–H groups in total. The topological polar surface area (TPSA) is 94.3 Å². The fraction of sp³-hybridized carbons (Fsp3) is 0.579. The first kappa shape index (κ1) is 20.8. The molecule has 1 fully saturated rings. The van der Waals surface area contributed by atoms with E-state index in [1.807, 2.05) is 20.8 Å². The molecule has 0 aliphatic carbocycles. The van der Waals surface area contributed by atoms with E-state index in [0.717, 1.165) is 0 Å². The monoisotopic (exact) mass is 379 g/mol. The van der Waals surface area contributed by atoms with Gasteiger partial charge in [-0.1, -0.05) is 6.07 Å². The number of rotatable bonds is 6. The van der Waals surface area contributed by atoms with Crippen LogP contribution in [0.5, 0.6) is 11.5 Å². The summed E-state index contributed by atoms with van der Waals surface area (Å²) in [5, 5.41) is 0. The van der Waals surface area contributed by atoms with Crippen LogP contribution in [0.1, 0.15) is 20.8 Å². The highest BCUT2D eigenvalue weighted by atomic mass is 16.6. The van der Waals surface area contributed by atoms with Gasteiger partial charge in [0.15, 0.2) is 6.61 Å². The largest absolute Gasteiger partial charge is 0.492 e. The summed E-state index contributed by atoms with van der Waals surface area (Å²) < 4.78 is 16.4. The summed E-state index contributed by atoms with van der Waals surface area (Å²) in [6, 6.07) is 7.10. The molecule has 0 unspecified atom stereocenters. The van der Waals surface area contributed by atoms with Crippen LogP contribution in [-0.4, -0.2) is 73.3 Å². The number of hydrogen-bond donors (Lipinski definition) is 1. The molecule has 0 atom stereocenters. The van der Waals surface area contributed by atoms with Crippen LogP contribution >= 0.6 is 0 Å². The number of carbonyl (C=O) groups is 2. The van der Waals surface area contributed by atoms with E-state index in [1.54, 1.807) is 34.1 Å². The van der Waals surface area contributed by atoms with Crippen molar-refractivity contribution in [1.82, 2.24) is 9.80 Å². The van der Waals surface area contributed by atoms with Gasteiger partial charge in [0, 0.05) is 38.8 Å². The summed E-state index contributed by atoms with van der Waals surface area (Å²) >= 11 is 0. The van der Waals surface area contributed by atoms with Gasteiger partial charge in [-0.05, 0) is 32.9 Å². The number of hydrogen-bond acceptors (Lipinski definition) is 6. The molecule has 27 heavy (non-hydrogen) atoms. The van der Waals surface area contributed by atoms with Gasteiger partial charge < -0.3 is 29.7 Å². The predicted molar refractivity (Wildman–Crippen MR) is 101 cm³/mol. The maximum atomic E-state index is 12.4. The van der Waals surface area contributed by atoms with Crippen molar-refractivity contribution in [2.24, 2.45) is 5.73 Å². The third-order valence-electron chi connectivity index (χ3n) is 3.84. The third-order valence-corrected chi connectivity index (χ3v) is 3.84. The molecule has 0 bridgehead atoms. The molecular formula is C19H29N3O5. The van der Waals surface area contributed by atoms with E-state index in [2.05, 4.69) is 0 Å². The number of nitrogens with zero attached hydrogens (tertiary/aromatic N) is 2. The second-order valence-electron chi connectivity index (χ2n) is 7.25. The lowest BCUT2D eigenvalue weighted by atomic mass is 10.2. The van der Waals surface area contributed by atoms with Crippen LogP contribution in [0.2, 0.25) is 0 Å². The third kappa shape index (κ3) is 6.97. The molecular weight excluding hydrogens is 350 g/mol. The minimum absolute atomic E-state index is 0.0627. The van der Waals surface area contributed by atoms with E-state index in [1.165, 1.54) is 0 Å². The van der Waals surface area contributed by atoms with Crippen molar-refractivity contribution >= 4 is 12.0 Å². The van der Waals surface area contributed by atoms with Gasteiger partial charge in [-0.3, -0.25) is 4.79 Å². The maximum Gasteiger partial charge on any atom is 0.410 e. The molecule has 8 heteroatoms. The molecule has 2 rings (SSSR count). The standard InChI is InChI=1S/C19H29N3O5/c1-19(2,3)27-18(24)22-10-8-21(9-11-22)17(23)14-26-16-6-4-5-15(13-16)25-12-7-20/h4-6,13H,7-12,14,20H2,1-3H3. The molecule has 1 saturated heterocycles. The quantitative estimate of drug-likeness (QED) is 0.805. The lowest BCUT2D eigenvalue weighted by Crippen LogP contribution is -2.52. The van der Waals surface area contributed by atoms with E-state index in [9.17, 15) is 9.59 Å². The summed E-state index contributed by atoms with van der Waals surface area (Å²) in [5.41, 5.74) is 4.89. The van der Waals surface area contributed by atoms with E-state index >= 15 is 0 Å². The molecule has 1 aliphatic heterocycles. The molecule has 0 spiro atoms. The fourth-order valence-electron chi connectivity index (χ4n) is 2.53. The molecule has 1 aromatic rings. The predicted octanol–water partition coefficient (Wildman–Crippen LogP) is 1.48. The van der Waals surface area contributed by atoms with Crippen LogP contribution in [0, 0.1) is 0 Å². The van der Waals surface area contributed by atoms with Crippen molar-refractivity contribution in [2.75, 3.05) is 45.9 Å². The number of piperazine rings is 1. The Morgan fingerprint density at radius 1 is 1.04 bits per heavy atom. The minimum atomic E-state index is -0.527. The Labute approximate surface area is 160 Å². The maximum absolute atomic E-state index is 12.4. The summed E-state index contributed by atoms with van der Waals surface area (Å²) in [4.78, 5) is 27.7. The molecule has 150 valence electrons. The van der Waals surface area contributed by atoms with Crippen LogP contribution < -0.4 is 15.2 Å². The number of benzene rings is 1. The van der Waals surface area contributed by atoms with Gasteiger partial charge in [-0.15, -0.1) is 0 Å². The molecule has 8 nitrogen and oxygen atoms in total. The van der Waals surface area contributed by atoms with E-state index in [-0.39, 0.29) is 18.6 Å². The Bertz CT molecular complexity index is 636. The number of amides is 2. The second-order valence-corrected chi connectivity index (χ2v) is 7.25. The number of nitrogens with two attached hydrogens (primary N) is 1. The Kier molecular flexibility index (Phi) is 7.29. The minimum Gasteiger partial charge on any atom is -0.492 e. The number of carbonyl (C=O) groups excluding carboxylic acids is 2. The van der Waals surface area contributed by atoms with Crippen LogP contribution in [0.25, 0.3) is 0 Å². The van der Waals surface area contributed by atoms with E-state index in [0.29, 0.717) is 50.8 Å². The summed E-state index contributed by atoms with van der Waals surface area (Å²) in [7, 11) is 0. The Hall–Kier alpha value is -2.48. The summed E-state index contributed by atoms with van der Waals surface area (Å²) in [6.45, 7) is 8.10. The smallest absolute Gasteiger partial charge is 0.410 e. The molecule has 1 aromatic carbocycles. The van der Waals surface area contributed by atoms with Crippen LogP contribution in [-0.2, 0) is 9.53 Å². The lowest BCUT2D eigenvalue weighted by Gasteiger charge is -2.35. The van der Waals surface area contributed by atoms with Crippen molar-refractivity contribution in [2.45, 2.75) is 26.4 Å². The average Bonchev–Trinajstić information content (AvgIpc) is 2.63.